The van der Waals surface area contributed by atoms with Crippen LogP contribution in [0.3, 0.4) is 0 Å². The first-order chi connectivity index (χ1) is 9.79. The molecule has 5 heteroatoms. The second kappa shape index (κ2) is 8.15. The number of nitriles is 1. The minimum atomic E-state index is -0.523. The number of para-hydroxylation sites is 1. The number of aliphatic hydroxyl groups is 1. The van der Waals surface area contributed by atoms with Gasteiger partial charge in [-0.1, -0.05) is 12.1 Å². The maximum absolute atomic E-state index is 10.1. The lowest BCUT2D eigenvalue weighted by molar-refractivity contribution is 0.0707. The van der Waals surface area contributed by atoms with Crippen molar-refractivity contribution in [1.82, 2.24) is 4.90 Å². The zero-order chi connectivity index (χ0) is 14.2. The molecule has 1 fully saturated rings. The zero-order valence-corrected chi connectivity index (χ0v) is 12.3. The van der Waals surface area contributed by atoms with Gasteiger partial charge in [-0.2, -0.15) is 17.0 Å². The van der Waals surface area contributed by atoms with Gasteiger partial charge in [0.25, 0.3) is 0 Å². The van der Waals surface area contributed by atoms with Crippen molar-refractivity contribution in [1.29, 1.82) is 5.26 Å². The second-order valence-corrected chi connectivity index (χ2v) is 6.06. The third-order valence-electron chi connectivity index (χ3n) is 3.22. The average Bonchev–Trinajstić information content (AvgIpc) is 2.74. The first-order valence-electron chi connectivity index (χ1n) is 6.89. The number of thioether (sulfide) groups is 1. The van der Waals surface area contributed by atoms with Gasteiger partial charge in [0.15, 0.2) is 0 Å². The zero-order valence-electron chi connectivity index (χ0n) is 11.5. The fraction of sp³-hybridized carbons (Fsp3) is 0.533. The molecule has 0 aliphatic carbocycles. The molecular weight excluding hydrogens is 272 g/mol. The van der Waals surface area contributed by atoms with Crippen molar-refractivity contribution >= 4 is 11.8 Å². The van der Waals surface area contributed by atoms with Crippen molar-refractivity contribution in [2.45, 2.75) is 12.5 Å². The first kappa shape index (κ1) is 15.2. The lowest BCUT2D eigenvalue weighted by Crippen LogP contribution is -2.37. The molecule has 1 heterocycles. The van der Waals surface area contributed by atoms with Crippen molar-refractivity contribution in [3.63, 3.8) is 0 Å². The highest BCUT2D eigenvalue weighted by Gasteiger charge is 2.15. The van der Waals surface area contributed by atoms with Crippen LogP contribution >= 0.6 is 11.8 Å². The van der Waals surface area contributed by atoms with Crippen LogP contribution in [0, 0.1) is 11.3 Å². The Hall–Kier alpha value is -1.22. The molecular formula is C15H20N2O2S. The van der Waals surface area contributed by atoms with E-state index in [2.05, 4.69) is 11.0 Å². The van der Waals surface area contributed by atoms with Crippen LogP contribution in [-0.2, 0) is 0 Å². The smallest absolute Gasteiger partial charge is 0.137 e. The molecule has 1 aliphatic heterocycles. The molecule has 0 radical (unpaired) electrons. The first-order valence-corrected chi connectivity index (χ1v) is 8.05. The summed E-state index contributed by atoms with van der Waals surface area (Å²) in [6.45, 7) is 2.92. The van der Waals surface area contributed by atoms with Crippen molar-refractivity contribution in [2.75, 3.05) is 37.7 Å². The average molecular weight is 292 g/mol. The fourth-order valence-electron chi connectivity index (χ4n) is 2.20. The number of β-amino-alcohol motifs (C(OH)–C–C–N with tert-alkyl or cyclic N) is 1. The molecule has 0 aromatic heterocycles. The summed E-state index contributed by atoms with van der Waals surface area (Å²) in [6.07, 6.45) is 0.653. The standard InChI is InChI=1S/C15H20N2O2S/c16-10-13-4-1-2-5-15(13)19-12-14(18)11-17-6-3-8-20-9-7-17/h1-2,4-5,14,18H,3,6-9,11-12H2. The predicted molar refractivity (Wildman–Crippen MR) is 81.0 cm³/mol. The third-order valence-corrected chi connectivity index (χ3v) is 4.27. The van der Waals surface area contributed by atoms with Gasteiger partial charge in [-0.25, -0.2) is 0 Å². The second-order valence-electron chi connectivity index (χ2n) is 4.84. The molecule has 1 aliphatic rings. The monoisotopic (exact) mass is 292 g/mol. The third kappa shape index (κ3) is 4.71. The van der Waals surface area contributed by atoms with Crippen LogP contribution in [0.15, 0.2) is 24.3 Å². The molecule has 1 saturated heterocycles. The normalized spacial score (nSPS) is 18.0. The molecule has 1 atom stereocenters. The van der Waals surface area contributed by atoms with Gasteiger partial charge in [-0.05, 0) is 30.9 Å². The van der Waals surface area contributed by atoms with Gasteiger partial charge in [0.05, 0.1) is 5.56 Å². The van der Waals surface area contributed by atoms with Crippen LogP contribution in [0.25, 0.3) is 0 Å². The van der Waals surface area contributed by atoms with Crippen molar-refractivity contribution in [3.05, 3.63) is 29.8 Å². The van der Waals surface area contributed by atoms with Crippen molar-refractivity contribution in [2.24, 2.45) is 0 Å². The Kier molecular flexibility index (Phi) is 6.19. The SMILES string of the molecule is N#Cc1ccccc1OCC(O)CN1CCCSCC1. The number of nitrogens with zero attached hydrogens (tertiary/aromatic N) is 2. The summed E-state index contributed by atoms with van der Waals surface area (Å²) < 4.78 is 5.56. The Bertz CT molecular complexity index is 453. The number of hydrogen-bond acceptors (Lipinski definition) is 5. The fourth-order valence-corrected chi connectivity index (χ4v) is 3.13. The predicted octanol–water partition coefficient (Wildman–Crippen LogP) is 1.74. The summed E-state index contributed by atoms with van der Waals surface area (Å²) in [5, 5.41) is 19.0. The van der Waals surface area contributed by atoms with Crippen LogP contribution < -0.4 is 4.74 Å². The number of aliphatic hydroxyl groups excluding tert-OH is 1. The van der Waals surface area contributed by atoms with Gasteiger partial charge in [0, 0.05) is 18.8 Å². The summed E-state index contributed by atoms with van der Waals surface area (Å²) in [7, 11) is 0. The van der Waals surface area contributed by atoms with Crippen LogP contribution in [0.1, 0.15) is 12.0 Å². The number of hydrogen-bond donors (Lipinski definition) is 1. The van der Waals surface area contributed by atoms with E-state index in [1.54, 1.807) is 18.2 Å². The van der Waals surface area contributed by atoms with Gasteiger partial charge in [-0.15, -0.1) is 0 Å². The molecule has 0 saturated carbocycles. The van der Waals surface area contributed by atoms with E-state index in [1.807, 2.05) is 17.8 Å². The quantitative estimate of drug-likeness (QED) is 0.896. The minimum Gasteiger partial charge on any atom is -0.489 e. The molecule has 2 rings (SSSR count). The number of rotatable bonds is 5. The summed E-state index contributed by atoms with van der Waals surface area (Å²) in [4.78, 5) is 2.28. The van der Waals surface area contributed by atoms with E-state index in [-0.39, 0.29) is 6.61 Å². The lowest BCUT2D eigenvalue weighted by atomic mass is 10.2. The van der Waals surface area contributed by atoms with E-state index < -0.39 is 6.10 Å². The molecule has 1 N–H and O–H groups in total. The van der Waals surface area contributed by atoms with Crippen molar-refractivity contribution < 1.29 is 9.84 Å². The van der Waals surface area contributed by atoms with Crippen LogP contribution in [0.2, 0.25) is 0 Å². The number of ether oxygens (including phenoxy) is 1. The lowest BCUT2D eigenvalue weighted by Gasteiger charge is -2.23. The molecule has 20 heavy (non-hydrogen) atoms. The number of benzene rings is 1. The molecule has 1 aromatic rings. The highest BCUT2D eigenvalue weighted by molar-refractivity contribution is 7.99. The molecule has 0 spiro atoms. The van der Waals surface area contributed by atoms with E-state index in [4.69, 9.17) is 10.00 Å². The molecule has 0 bridgehead atoms. The highest BCUT2D eigenvalue weighted by Crippen LogP contribution is 2.17. The maximum Gasteiger partial charge on any atom is 0.137 e. The van der Waals surface area contributed by atoms with Crippen molar-refractivity contribution in [3.8, 4) is 11.8 Å². The largest absolute Gasteiger partial charge is 0.489 e. The summed E-state index contributed by atoms with van der Waals surface area (Å²) in [6, 6.07) is 9.19. The van der Waals surface area contributed by atoms with Gasteiger partial charge in [0.1, 0.15) is 24.5 Å². The van der Waals surface area contributed by atoms with E-state index in [0.717, 1.165) is 18.8 Å². The molecule has 108 valence electrons. The summed E-state index contributed by atoms with van der Waals surface area (Å²) in [5.74, 6) is 2.88. The summed E-state index contributed by atoms with van der Waals surface area (Å²) >= 11 is 1.97. The van der Waals surface area contributed by atoms with Gasteiger partial charge < -0.3 is 9.84 Å². The Labute approximate surface area is 124 Å². The summed E-state index contributed by atoms with van der Waals surface area (Å²) in [5.41, 5.74) is 0.505. The van der Waals surface area contributed by atoms with Crippen LogP contribution in [0.5, 0.6) is 5.75 Å². The van der Waals surface area contributed by atoms with Crippen LogP contribution in [-0.4, -0.2) is 53.9 Å². The van der Waals surface area contributed by atoms with E-state index >= 15 is 0 Å². The Morgan fingerprint density at radius 3 is 3.05 bits per heavy atom. The molecule has 0 amide bonds. The molecule has 1 aromatic carbocycles. The van der Waals surface area contributed by atoms with Gasteiger partial charge in [0.2, 0.25) is 0 Å². The van der Waals surface area contributed by atoms with E-state index in [0.29, 0.717) is 17.9 Å². The highest BCUT2D eigenvalue weighted by atomic mass is 32.2. The van der Waals surface area contributed by atoms with E-state index in [1.165, 1.54) is 12.2 Å². The topological polar surface area (TPSA) is 56.5 Å². The van der Waals surface area contributed by atoms with Gasteiger partial charge in [-0.3, -0.25) is 4.90 Å². The molecule has 1 unspecified atom stereocenters. The van der Waals surface area contributed by atoms with Gasteiger partial charge >= 0.3 is 0 Å². The Morgan fingerprint density at radius 2 is 2.20 bits per heavy atom. The molecule has 4 nitrogen and oxygen atoms in total. The van der Waals surface area contributed by atoms with E-state index in [9.17, 15) is 5.11 Å². The minimum absolute atomic E-state index is 0.225. The Morgan fingerprint density at radius 1 is 1.35 bits per heavy atom. The Balaban J connectivity index is 1.79. The maximum atomic E-state index is 10.1. The van der Waals surface area contributed by atoms with Crippen LogP contribution in [0.4, 0.5) is 0 Å².